The number of rotatable bonds is 10. The normalized spacial score (nSPS) is 17.9. The van der Waals surface area contributed by atoms with Crippen molar-refractivity contribution >= 4 is 61.0 Å². The number of carbonyl (C=O) groups excluding carboxylic acids is 3. The summed E-state index contributed by atoms with van der Waals surface area (Å²) in [5.74, 6) is 1.91. The van der Waals surface area contributed by atoms with Crippen LogP contribution in [-0.4, -0.2) is 67.8 Å². The van der Waals surface area contributed by atoms with Crippen LogP contribution in [0.4, 0.5) is 4.79 Å². The van der Waals surface area contributed by atoms with E-state index in [1.54, 1.807) is 22.7 Å². The number of alkyl carbamates (subject to hydrolysis) is 1. The van der Waals surface area contributed by atoms with Gasteiger partial charge in [-0.25, -0.2) is 14.8 Å². The summed E-state index contributed by atoms with van der Waals surface area (Å²) in [7, 11) is 1.29. The van der Waals surface area contributed by atoms with Crippen LogP contribution in [0.3, 0.4) is 0 Å². The summed E-state index contributed by atoms with van der Waals surface area (Å²) in [5, 5.41) is 7.22. The maximum absolute atomic E-state index is 14.0. The van der Waals surface area contributed by atoms with Gasteiger partial charge in [0.15, 0.2) is 0 Å². The van der Waals surface area contributed by atoms with E-state index in [0.29, 0.717) is 18.0 Å². The van der Waals surface area contributed by atoms with Gasteiger partial charge in [-0.15, -0.1) is 22.7 Å². The molecule has 3 N–H and O–H groups in total. The molecular formula is C46H47N7O4S2. The lowest BCUT2D eigenvalue weighted by molar-refractivity contribution is -0.137. The van der Waals surface area contributed by atoms with Crippen molar-refractivity contribution in [3.8, 4) is 33.5 Å². The minimum Gasteiger partial charge on any atom is -0.453 e. The maximum atomic E-state index is 14.0. The van der Waals surface area contributed by atoms with Gasteiger partial charge < -0.3 is 29.8 Å². The lowest BCUT2D eigenvalue weighted by Crippen LogP contribution is -2.42. The standard InChI is InChI=1S/C46H47N7O4S2/c1-26(2)27(3)44(54)52-20-8-12-37(52)42-47-23-36(50-42)29-16-14-28(15-17-29)32-24-58-41-33(25-59-40(32)41)31-18-19-34-35(22-31)49-43(48-34)38-13-9-21-53(38)45(55)39(51-46(56)57-4)30-10-6-5-7-11-30/h5-7,10-11,14-19,22-27,37-39H,8-9,12-13,20-21H2,1-4H3,(H,47,50)(H,48,49)(H,51,56)/t27-,37-,38-,39+/m0/s1. The minimum absolute atomic E-state index is 0.00958. The number of thiophene rings is 2. The second kappa shape index (κ2) is 16.1. The minimum atomic E-state index is -0.870. The van der Waals surface area contributed by atoms with Crippen molar-refractivity contribution in [2.75, 3.05) is 20.2 Å². The molecule has 0 saturated carbocycles. The van der Waals surface area contributed by atoms with Gasteiger partial charge in [-0.3, -0.25) is 9.59 Å². The number of carbonyl (C=O) groups is 3. The van der Waals surface area contributed by atoms with E-state index >= 15 is 0 Å². The predicted molar refractivity (Wildman–Crippen MR) is 234 cm³/mol. The Kier molecular flexibility index (Phi) is 10.6. The number of hydrogen-bond donors (Lipinski definition) is 3. The first-order valence-electron chi connectivity index (χ1n) is 20.3. The highest BCUT2D eigenvalue weighted by atomic mass is 32.1. The van der Waals surface area contributed by atoms with Gasteiger partial charge in [0.2, 0.25) is 5.91 Å². The third-order valence-corrected chi connectivity index (χ3v) is 14.3. The van der Waals surface area contributed by atoms with Crippen molar-refractivity contribution in [1.82, 2.24) is 35.1 Å². The lowest BCUT2D eigenvalue weighted by Gasteiger charge is -2.28. The van der Waals surface area contributed by atoms with E-state index in [2.05, 4.69) is 76.3 Å². The van der Waals surface area contributed by atoms with Crippen molar-refractivity contribution < 1.29 is 19.1 Å². The topological polar surface area (TPSA) is 136 Å². The van der Waals surface area contributed by atoms with Gasteiger partial charge in [0.25, 0.3) is 5.91 Å². The quantitative estimate of drug-likeness (QED) is 0.126. The Morgan fingerprint density at radius 1 is 0.780 bits per heavy atom. The predicted octanol–water partition coefficient (Wildman–Crippen LogP) is 10.3. The van der Waals surface area contributed by atoms with Crippen molar-refractivity contribution in [2.45, 2.75) is 64.6 Å². The van der Waals surface area contributed by atoms with Gasteiger partial charge in [0.1, 0.15) is 17.7 Å². The van der Waals surface area contributed by atoms with Crippen LogP contribution in [0.1, 0.15) is 81.8 Å². The molecule has 0 unspecified atom stereocenters. The van der Waals surface area contributed by atoms with E-state index in [9.17, 15) is 14.4 Å². The van der Waals surface area contributed by atoms with Crippen LogP contribution in [-0.2, 0) is 14.3 Å². The first-order valence-corrected chi connectivity index (χ1v) is 22.1. The van der Waals surface area contributed by atoms with E-state index in [1.165, 1.54) is 27.6 Å². The molecule has 7 aromatic rings. The molecule has 4 atom stereocenters. The first-order chi connectivity index (χ1) is 28.7. The monoisotopic (exact) mass is 825 g/mol. The van der Waals surface area contributed by atoms with Crippen LogP contribution in [0.15, 0.2) is 89.8 Å². The van der Waals surface area contributed by atoms with E-state index in [1.807, 2.05) is 59.3 Å². The zero-order valence-corrected chi connectivity index (χ0v) is 35.2. The van der Waals surface area contributed by atoms with E-state index < -0.39 is 12.1 Å². The Hall–Kier alpha value is -5.79. The smallest absolute Gasteiger partial charge is 0.407 e. The fraction of sp³-hybridized carbons (Fsp3) is 0.326. The van der Waals surface area contributed by atoms with Crippen molar-refractivity contribution in [3.05, 3.63) is 107 Å². The SMILES string of the molecule is COC(=O)N[C@@H](C(=O)N1CCC[C@H]1c1nc2ccc(-c3csc4c(-c5ccc(-c6cnc([C@@H]7CCCN7C(=O)[C@@H](C)C(C)C)[nH]6)cc5)csc34)cc2[nH]1)c1ccccc1. The zero-order valence-electron chi connectivity index (χ0n) is 33.5. The summed E-state index contributed by atoms with van der Waals surface area (Å²) in [4.78, 5) is 60.2. The Morgan fingerprint density at radius 2 is 1.41 bits per heavy atom. The van der Waals surface area contributed by atoms with Gasteiger partial charge in [0.05, 0.1) is 51.5 Å². The number of hydrogen-bond acceptors (Lipinski definition) is 8. The highest BCUT2D eigenvalue weighted by molar-refractivity contribution is 7.27. The van der Waals surface area contributed by atoms with Crippen molar-refractivity contribution in [1.29, 1.82) is 0 Å². The fourth-order valence-corrected chi connectivity index (χ4v) is 11.0. The number of aromatic nitrogens is 4. The molecule has 59 heavy (non-hydrogen) atoms. The molecule has 2 saturated heterocycles. The molecule has 4 aromatic heterocycles. The van der Waals surface area contributed by atoms with Crippen LogP contribution in [0.5, 0.6) is 0 Å². The molecule has 0 aliphatic carbocycles. The molecule has 9 rings (SSSR count). The average molecular weight is 826 g/mol. The van der Waals surface area contributed by atoms with Crippen LogP contribution in [0.25, 0.3) is 53.9 Å². The highest BCUT2D eigenvalue weighted by Gasteiger charge is 2.38. The summed E-state index contributed by atoms with van der Waals surface area (Å²) in [5.41, 5.74) is 9.11. The number of likely N-dealkylation sites (tertiary alicyclic amines) is 2. The summed E-state index contributed by atoms with van der Waals surface area (Å²) in [6.07, 6.45) is 4.75. The maximum Gasteiger partial charge on any atom is 0.407 e. The number of aromatic amines is 2. The number of ether oxygens (including phenoxy) is 1. The van der Waals surface area contributed by atoms with Gasteiger partial charge in [-0.1, -0.05) is 81.4 Å². The van der Waals surface area contributed by atoms with E-state index in [4.69, 9.17) is 14.7 Å². The molecule has 3 aromatic carbocycles. The van der Waals surface area contributed by atoms with Gasteiger partial charge in [-0.05, 0) is 66.0 Å². The van der Waals surface area contributed by atoms with Crippen molar-refractivity contribution in [2.24, 2.45) is 11.8 Å². The second-order valence-electron chi connectivity index (χ2n) is 16.0. The van der Waals surface area contributed by atoms with Crippen LogP contribution >= 0.6 is 22.7 Å². The lowest BCUT2D eigenvalue weighted by atomic mass is 9.96. The molecule has 2 fully saturated rings. The number of fused-ring (bicyclic) bond motifs is 2. The average Bonchev–Trinajstić information content (AvgIpc) is 4.12. The van der Waals surface area contributed by atoms with Crippen LogP contribution in [0.2, 0.25) is 0 Å². The molecule has 13 heteroatoms. The molecular weight excluding hydrogens is 779 g/mol. The number of methoxy groups -OCH3 is 1. The molecule has 2 aliphatic rings. The zero-order chi connectivity index (χ0) is 40.8. The Balaban J connectivity index is 0.923. The Labute approximate surface area is 350 Å². The fourth-order valence-electron chi connectivity index (χ4n) is 8.51. The van der Waals surface area contributed by atoms with Gasteiger partial charge >= 0.3 is 6.09 Å². The van der Waals surface area contributed by atoms with Crippen LogP contribution < -0.4 is 5.32 Å². The molecule has 11 nitrogen and oxygen atoms in total. The third-order valence-electron chi connectivity index (χ3n) is 12.1. The molecule has 0 spiro atoms. The number of imidazole rings is 2. The number of amides is 3. The molecule has 0 radical (unpaired) electrons. The van der Waals surface area contributed by atoms with Gasteiger partial charge in [0, 0.05) is 40.9 Å². The Bertz CT molecular complexity index is 2640. The molecule has 302 valence electrons. The number of H-pyrrole nitrogens is 2. The first kappa shape index (κ1) is 38.7. The summed E-state index contributed by atoms with van der Waals surface area (Å²) >= 11 is 3.51. The van der Waals surface area contributed by atoms with E-state index in [0.717, 1.165) is 77.3 Å². The van der Waals surface area contributed by atoms with Crippen molar-refractivity contribution in [3.63, 3.8) is 0 Å². The summed E-state index contributed by atoms with van der Waals surface area (Å²) in [6, 6.07) is 23.1. The Morgan fingerprint density at radius 3 is 2.08 bits per heavy atom. The van der Waals surface area contributed by atoms with Crippen LogP contribution in [0, 0.1) is 11.8 Å². The summed E-state index contributed by atoms with van der Waals surface area (Å²) in [6.45, 7) is 7.59. The molecule has 3 amide bonds. The third kappa shape index (κ3) is 7.31. The largest absolute Gasteiger partial charge is 0.453 e. The molecule has 0 bridgehead atoms. The summed E-state index contributed by atoms with van der Waals surface area (Å²) < 4.78 is 7.35. The molecule has 6 heterocycles. The second-order valence-corrected chi connectivity index (χ2v) is 17.7. The number of nitrogens with one attached hydrogen (secondary N) is 3. The number of benzene rings is 3. The highest BCUT2D eigenvalue weighted by Crippen LogP contribution is 2.45. The van der Waals surface area contributed by atoms with Gasteiger partial charge in [-0.2, -0.15) is 0 Å². The van der Waals surface area contributed by atoms with E-state index in [-0.39, 0.29) is 29.8 Å². The molecule has 2 aliphatic heterocycles. The number of nitrogens with zero attached hydrogens (tertiary/aromatic N) is 4.